The summed E-state index contributed by atoms with van der Waals surface area (Å²) in [6.45, 7) is 5.76. The molecule has 2 aliphatic heterocycles. The van der Waals surface area contributed by atoms with E-state index < -0.39 is 10.0 Å². The Morgan fingerprint density at radius 2 is 1.51 bits per heavy atom. The summed E-state index contributed by atoms with van der Waals surface area (Å²) < 4.78 is 35.5. The van der Waals surface area contributed by atoms with Gasteiger partial charge >= 0.3 is 0 Å². The van der Waals surface area contributed by atoms with E-state index >= 15 is 0 Å². The maximum atomic E-state index is 13.9. The number of sulfonamides is 1. The van der Waals surface area contributed by atoms with E-state index in [4.69, 9.17) is 4.74 Å². The molecule has 2 saturated heterocycles. The standard InChI is InChI=1S/C30H54N2O4S/c1-22-9-3-6-12-29(22)37(34,35)31-17-7-8-18-32-27(19-31)30(28(32)21-36-2)24-15-13-23(14-16-24)26-11-5-4-10-25(26)20-33/h22-30,33H,3-21H2,1-2H3/t22?,23?,24?,25?,26?,27?,28-,29?,30+/m1/s1. The van der Waals surface area contributed by atoms with Crippen molar-refractivity contribution in [3.63, 3.8) is 0 Å². The van der Waals surface area contributed by atoms with Crippen LogP contribution in [-0.4, -0.2) is 80.0 Å². The molecule has 5 aliphatic rings. The topological polar surface area (TPSA) is 70.1 Å². The zero-order valence-electron chi connectivity index (χ0n) is 23.6. The van der Waals surface area contributed by atoms with Crippen molar-refractivity contribution in [2.24, 2.45) is 35.5 Å². The van der Waals surface area contributed by atoms with Crippen LogP contribution in [0.3, 0.4) is 0 Å². The van der Waals surface area contributed by atoms with E-state index in [1.165, 1.54) is 57.8 Å². The fourth-order valence-electron chi connectivity index (χ4n) is 9.48. The van der Waals surface area contributed by atoms with E-state index in [0.717, 1.165) is 51.2 Å². The fraction of sp³-hybridized carbons (Fsp3) is 1.00. The second kappa shape index (κ2) is 12.5. The molecule has 0 amide bonds. The van der Waals surface area contributed by atoms with Gasteiger partial charge in [0.05, 0.1) is 11.9 Å². The van der Waals surface area contributed by atoms with E-state index in [9.17, 15) is 13.5 Å². The maximum absolute atomic E-state index is 13.9. The molecule has 0 bridgehead atoms. The maximum Gasteiger partial charge on any atom is 0.217 e. The third-order valence-corrected chi connectivity index (χ3v) is 14.0. The van der Waals surface area contributed by atoms with Crippen molar-refractivity contribution in [1.82, 2.24) is 9.21 Å². The Labute approximate surface area is 226 Å². The first kappa shape index (κ1) is 28.3. The summed E-state index contributed by atoms with van der Waals surface area (Å²) in [5, 5.41) is 9.79. The summed E-state index contributed by atoms with van der Waals surface area (Å²) in [4.78, 5) is 2.62. The van der Waals surface area contributed by atoms with Crippen molar-refractivity contribution >= 4 is 10.0 Å². The molecule has 0 radical (unpaired) electrons. The molecule has 5 fully saturated rings. The highest BCUT2D eigenvalue weighted by Crippen LogP contribution is 2.49. The Morgan fingerprint density at radius 3 is 2.24 bits per heavy atom. The van der Waals surface area contributed by atoms with Gasteiger partial charge < -0.3 is 9.84 Å². The van der Waals surface area contributed by atoms with E-state index in [1.54, 1.807) is 0 Å². The van der Waals surface area contributed by atoms with Gasteiger partial charge in [-0.2, -0.15) is 0 Å². The lowest BCUT2D eigenvalue weighted by molar-refractivity contribution is -0.128. The normalized spacial score (nSPS) is 42.8. The lowest BCUT2D eigenvalue weighted by Crippen LogP contribution is -2.71. The molecule has 3 saturated carbocycles. The molecule has 1 N–H and O–H groups in total. The first-order valence-corrected chi connectivity index (χ1v) is 17.3. The molecule has 0 spiro atoms. The molecule has 7 heteroatoms. The number of hydrogen-bond acceptors (Lipinski definition) is 5. The number of fused-ring (bicyclic) bond motifs is 1. The number of aliphatic hydroxyl groups is 1. The van der Waals surface area contributed by atoms with Gasteiger partial charge in [0.25, 0.3) is 0 Å². The molecule has 5 unspecified atom stereocenters. The minimum Gasteiger partial charge on any atom is -0.396 e. The molecule has 6 nitrogen and oxygen atoms in total. The van der Waals surface area contributed by atoms with Gasteiger partial charge in [0.2, 0.25) is 10.0 Å². The number of hydrogen-bond donors (Lipinski definition) is 1. The number of methoxy groups -OCH3 is 1. The zero-order valence-corrected chi connectivity index (χ0v) is 24.4. The molecular weight excluding hydrogens is 484 g/mol. The first-order chi connectivity index (χ1) is 18.0. The van der Waals surface area contributed by atoms with Crippen LogP contribution in [0.15, 0.2) is 0 Å². The lowest BCUT2D eigenvalue weighted by Gasteiger charge is -2.60. The van der Waals surface area contributed by atoms with Crippen LogP contribution < -0.4 is 0 Å². The summed E-state index contributed by atoms with van der Waals surface area (Å²) in [6, 6.07) is 0.781. The minimum absolute atomic E-state index is 0.187. The molecule has 37 heavy (non-hydrogen) atoms. The van der Waals surface area contributed by atoms with Crippen molar-refractivity contribution in [2.75, 3.05) is 40.0 Å². The van der Waals surface area contributed by atoms with Gasteiger partial charge in [-0.3, -0.25) is 4.90 Å². The Morgan fingerprint density at radius 1 is 0.838 bits per heavy atom. The fourth-order valence-corrected chi connectivity index (χ4v) is 11.8. The quantitative estimate of drug-likeness (QED) is 0.499. The van der Waals surface area contributed by atoms with Crippen molar-refractivity contribution in [2.45, 2.75) is 114 Å². The van der Waals surface area contributed by atoms with E-state index in [2.05, 4.69) is 11.8 Å². The van der Waals surface area contributed by atoms with Crippen LogP contribution in [0.2, 0.25) is 0 Å². The Hall–Kier alpha value is -0.210. The molecule has 5 rings (SSSR count). The van der Waals surface area contributed by atoms with Gasteiger partial charge in [-0.05, 0) is 106 Å². The second-order valence-corrected chi connectivity index (χ2v) is 15.5. The zero-order chi connectivity index (χ0) is 26.0. The van der Waals surface area contributed by atoms with Crippen molar-refractivity contribution in [1.29, 1.82) is 0 Å². The number of nitrogens with zero attached hydrogens (tertiary/aromatic N) is 2. The van der Waals surface area contributed by atoms with E-state index in [0.29, 0.717) is 55.5 Å². The van der Waals surface area contributed by atoms with Crippen LogP contribution in [0, 0.1) is 35.5 Å². The van der Waals surface area contributed by atoms with Crippen molar-refractivity contribution in [3.05, 3.63) is 0 Å². The molecule has 0 aromatic rings. The predicted octanol–water partition coefficient (Wildman–Crippen LogP) is 4.91. The highest BCUT2D eigenvalue weighted by Gasteiger charge is 2.54. The average molecular weight is 539 g/mol. The van der Waals surface area contributed by atoms with Crippen LogP contribution in [0.1, 0.15) is 96.8 Å². The largest absolute Gasteiger partial charge is 0.396 e. The Kier molecular flexibility index (Phi) is 9.59. The summed E-state index contributed by atoms with van der Waals surface area (Å²) >= 11 is 0. The van der Waals surface area contributed by atoms with Gasteiger partial charge in [-0.15, -0.1) is 0 Å². The molecular formula is C30H54N2O4S. The van der Waals surface area contributed by atoms with Gasteiger partial charge in [0.15, 0.2) is 0 Å². The van der Waals surface area contributed by atoms with Crippen LogP contribution >= 0.6 is 0 Å². The van der Waals surface area contributed by atoms with E-state index in [1.807, 2.05) is 11.4 Å². The third-order valence-electron chi connectivity index (χ3n) is 11.5. The highest BCUT2D eigenvalue weighted by atomic mass is 32.2. The summed E-state index contributed by atoms with van der Waals surface area (Å²) in [5.74, 6) is 3.49. The van der Waals surface area contributed by atoms with Crippen molar-refractivity contribution in [3.8, 4) is 0 Å². The molecule has 2 heterocycles. The SMILES string of the molecule is COC[C@@H]1[C@@H](C2CCC(C3CCCCC3CO)CC2)C2CN(S(=O)(=O)C3CCCCC3C)CCCCN21. The smallest absolute Gasteiger partial charge is 0.217 e. The summed E-state index contributed by atoms with van der Waals surface area (Å²) in [6.07, 6.45) is 16.4. The third kappa shape index (κ3) is 5.82. The van der Waals surface area contributed by atoms with Gasteiger partial charge in [0.1, 0.15) is 0 Å². The number of aliphatic hydroxyl groups excluding tert-OH is 1. The molecule has 3 aliphatic carbocycles. The molecule has 0 aromatic carbocycles. The van der Waals surface area contributed by atoms with Crippen LogP contribution in [-0.2, 0) is 14.8 Å². The lowest BCUT2D eigenvalue weighted by atomic mass is 9.61. The highest BCUT2D eigenvalue weighted by molar-refractivity contribution is 7.89. The molecule has 7 atom stereocenters. The van der Waals surface area contributed by atoms with Gasteiger partial charge in [0, 0.05) is 38.9 Å². The molecule has 0 aromatic heterocycles. The Bertz CT molecular complexity index is 829. The minimum atomic E-state index is -3.26. The van der Waals surface area contributed by atoms with Crippen LogP contribution in [0.25, 0.3) is 0 Å². The molecule has 214 valence electrons. The first-order valence-electron chi connectivity index (χ1n) is 15.8. The average Bonchev–Trinajstić information content (AvgIpc) is 2.90. The predicted molar refractivity (Wildman–Crippen MR) is 149 cm³/mol. The van der Waals surface area contributed by atoms with Gasteiger partial charge in [-0.25, -0.2) is 12.7 Å². The Balaban J connectivity index is 1.28. The van der Waals surface area contributed by atoms with Gasteiger partial charge in [-0.1, -0.05) is 32.6 Å². The summed E-state index contributed by atoms with van der Waals surface area (Å²) in [5.41, 5.74) is 0. The van der Waals surface area contributed by atoms with Crippen molar-refractivity contribution < 1.29 is 18.3 Å². The summed E-state index contributed by atoms with van der Waals surface area (Å²) in [7, 11) is -1.44. The number of rotatable bonds is 7. The van der Waals surface area contributed by atoms with E-state index in [-0.39, 0.29) is 11.2 Å². The van der Waals surface area contributed by atoms with Crippen LogP contribution in [0.5, 0.6) is 0 Å². The van der Waals surface area contributed by atoms with Crippen LogP contribution in [0.4, 0.5) is 0 Å². The second-order valence-electron chi connectivity index (χ2n) is 13.4. The number of ether oxygens (including phenoxy) is 1. The monoisotopic (exact) mass is 538 g/mol.